The van der Waals surface area contributed by atoms with Crippen LogP contribution in [0.15, 0.2) is 12.7 Å². The van der Waals surface area contributed by atoms with Gasteiger partial charge < -0.3 is 10.2 Å². The molecule has 3 heterocycles. The SMILES string of the molecule is O=C(C1CNC1)N1CCCC(Cn2cncn2)C1. The lowest BCUT2D eigenvalue weighted by atomic mass is 9.95. The van der Waals surface area contributed by atoms with E-state index in [2.05, 4.69) is 15.4 Å². The minimum Gasteiger partial charge on any atom is -0.342 e. The second kappa shape index (κ2) is 5.06. The summed E-state index contributed by atoms with van der Waals surface area (Å²) in [7, 11) is 0. The maximum atomic E-state index is 12.2. The fraction of sp³-hybridized carbons (Fsp3) is 0.750. The number of likely N-dealkylation sites (tertiary alicyclic amines) is 1. The first-order valence-electron chi connectivity index (χ1n) is 6.65. The van der Waals surface area contributed by atoms with E-state index < -0.39 is 0 Å². The molecule has 0 radical (unpaired) electrons. The zero-order valence-corrected chi connectivity index (χ0v) is 10.5. The third kappa shape index (κ3) is 2.38. The Bertz CT molecular complexity index is 401. The van der Waals surface area contributed by atoms with Gasteiger partial charge in [0.1, 0.15) is 12.7 Å². The molecule has 0 aromatic carbocycles. The number of carbonyl (C=O) groups is 1. The molecule has 6 nitrogen and oxygen atoms in total. The predicted octanol–water partition coefficient (Wildman–Crippen LogP) is -0.264. The van der Waals surface area contributed by atoms with Crippen molar-refractivity contribution in [3.05, 3.63) is 12.7 Å². The third-order valence-corrected chi connectivity index (χ3v) is 3.87. The first kappa shape index (κ1) is 11.6. The van der Waals surface area contributed by atoms with Gasteiger partial charge in [0.05, 0.1) is 5.92 Å². The summed E-state index contributed by atoms with van der Waals surface area (Å²) in [4.78, 5) is 18.2. The summed E-state index contributed by atoms with van der Waals surface area (Å²) in [5.41, 5.74) is 0. The number of nitrogens with zero attached hydrogens (tertiary/aromatic N) is 4. The zero-order valence-electron chi connectivity index (χ0n) is 10.5. The van der Waals surface area contributed by atoms with Gasteiger partial charge >= 0.3 is 0 Å². The van der Waals surface area contributed by atoms with E-state index in [9.17, 15) is 4.79 Å². The van der Waals surface area contributed by atoms with Crippen LogP contribution >= 0.6 is 0 Å². The van der Waals surface area contributed by atoms with Crippen molar-refractivity contribution < 1.29 is 4.79 Å². The highest BCUT2D eigenvalue weighted by molar-refractivity contribution is 5.80. The van der Waals surface area contributed by atoms with Gasteiger partial charge in [-0.15, -0.1) is 0 Å². The summed E-state index contributed by atoms with van der Waals surface area (Å²) in [6.07, 6.45) is 5.58. The first-order chi connectivity index (χ1) is 8.83. The molecule has 1 aromatic rings. The Morgan fingerprint density at radius 3 is 3.00 bits per heavy atom. The molecule has 98 valence electrons. The maximum absolute atomic E-state index is 12.2. The molecule has 1 unspecified atom stereocenters. The fourth-order valence-electron chi connectivity index (χ4n) is 2.73. The van der Waals surface area contributed by atoms with Gasteiger partial charge in [-0.1, -0.05) is 0 Å². The Kier molecular flexibility index (Phi) is 3.27. The summed E-state index contributed by atoms with van der Waals surface area (Å²) in [6.45, 7) is 4.36. The van der Waals surface area contributed by atoms with Crippen LogP contribution in [0.2, 0.25) is 0 Å². The monoisotopic (exact) mass is 249 g/mol. The number of rotatable bonds is 3. The molecule has 18 heavy (non-hydrogen) atoms. The van der Waals surface area contributed by atoms with Crippen LogP contribution in [0.5, 0.6) is 0 Å². The van der Waals surface area contributed by atoms with E-state index >= 15 is 0 Å². The summed E-state index contributed by atoms with van der Waals surface area (Å²) < 4.78 is 1.86. The lowest BCUT2D eigenvalue weighted by Crippen LogP contribution is -2.54. The number of aromatic nitrogens is 3. The summed E-state index contributed by atoms with van der Waals surface area (Å²) >= 11 is 0. The predicted molar refractivity (Wildman–Crippen MR) is 65.7 cm³/mol. The second-order valence-corrected chi connectivity index (χ2v) is 5.27. The molecule has 6 heteroatoms. The number of hydrogen-bond acceptors (Lipinski definition) is 4. The lowest BCUT2D eigenvalue weighted by molar-refractivity contribution is -0.139. The van der Waals surface area contributed by atoms with Crippen molar-refractivity contribution in [3.63, 3.8) is 0 Å². The second-order valence-electron chi connectivity index (χ2n) is 5.27. The van der Waals surface area contributed by atoms with Crippen LogP contribution in [0.25, 0.3) is 0 Å². The average molecular weight is 249 g/mol. The van der Waals surface area contributed by atoms with E-state index in [4.69, 9.17) is 0 Å². The Morgan fingerprint density at radius 2 is 2.33 bits per heavy atom. The molecule has 3 rings (SSSR count). The smallest absolute Gasteiger partial charge is 0.228 e. The topological polar surface area (TPSA) is 63.1 Å². The van der Waals surface area contributed by atoms with Crippen LogP contribution in [0.4, 0.5) is 0 Å². The molecular formula is C12H19N5O. The molecule has 0 bridgehead atoms. The average Bonchev–Trinajstić information content (AvgIpc) is 2.80. The molecule has 1 amide bonds. The highest BCUT2D eigenvalue weighted by Gasteiger charge is 2.32. The van der Waals surface area contributed by atoms with E-state index in [0.29, 0.717) is 11.8 Å². The first-order valence-corrected chi connectivity index (χ1v) is 6.65. The standard InChI is InChI=1S/C12H19N5O/c18-12(11-4-13-5-11)16-3-1-2-10(6-16)7-17-9-14-8-15-17/h8-11,13H,1-7H2. The van der Waals surface area contributed by atoms with Crippen molar-refractivity contribution in [2.45, 2.75) is 19.4 Å². The van der Waals surface area contributed by atoms with E-state index in [0.717, 1.165) is 39.1 Å². The van der Waals surface area contributed by atoms with Crippen LogP contribution in [-0.2, 0) is 11.3 Å². The Morgan fingerprint density at radius 1 is 1.44 bits per heavy atom. The fourth-order valence-corrected chi connectivity index (χ4v) is 2.73. The number of piperidine rings is 1. The molecule has 1 atom stereocenters. The van der Waals surface area contributed by atoms with Crippen LogP contribution < -0.4 is 5.32 Å². The molecule has 0 aliphatic carbocycles. The van der Waals surface area contributed by atoms with E-state index in [1.54, 1.807) is 12.7 Å². The van der Waals surface area contributed by atoms with Gasteiger partial charge in [-0.2, -0.15) is 5.10 Å². The van der Waals surface area contributed by atoms with Crippen molar-refractivity contribution in [2.75, 3.05) is 26.2 Å². The summed E-state index contributed by atoms with van der Waals surface area (Å²) in [6, 6.07) is 0. The molecule has 0 saturated carbocycles. The molecule has 1 aromatic heterocycles. The maximum Gasteiger partial charge on any atom is 0.228 e. The Labute approximate surface area is 106 Å². The molecule has 2 saturated heterocycles. The van der Waals surface area contributed by atoms with Crippen LogP contribution in [-0.4, -0.2) is 51.8 Å². The van der Waals surface area contributed by atoms with Crippen LogP contribution in [0.1, 0.15) is 12.8 Å². The summed E-state index contributed by atoms with van der Waals surface area (Å²) in [5.74, 6) is 1.06. The molecule has 1 N–H and O–H groups in total. The number of carbonyl (C=O) groups excluding carboxylic acids is 1. The van der Waals surface area contributed by atoms with Gasteiger partial charge in [-0.3, -0.25) is 9.48 Å². The van der Waals surface area contributed by atoms with Gasteiger partial charge in [0, 0.05) is 32.7 Å². The van der Waals surface area contributed by atoms with Gasteiger partial charge in [-0.25, -0.2) is 4.98 Å². The Hall–Kier alpha value is -1.43. The largest absolute Gasteiger partial charge is 0.342 e. The minimum atomic E-state index is 0.218. The molecule has 2 aliphatic heterocycles. The molecule has 0 spiro atoms. The van der Waals surface area contributed by atoms with Gasteiger partial charge in [0.15, 0.2) is 0 Å². The van der Waals surface area contributed by atoms with Gasteiger partial charge in [-0.05, 0) is 18.8 Å². The Balaban J connectivity index is 1.56. The third-order valence-electron chi connectivity index (χ3n) is 3.87. The van der Waals surface area contributed by atoms with Gasteiger partial charge in [0.25, 0.3) is 0 Å². The highest BCUT2D eigenvalue weighted by Crippen LogP contribution is 2.20. The van der Waals surface area contributed by atoms with Crippen molar-refractivity contribution in [1.82, 2.24) is 25.0 Å². The van der Waals surface area contributed by atoms with E-state index in [1.165, 1.54) is 6.42 Å². The van der Waals surface area contributed by atoms with Gasteiger partial charge in [0.2, 0.25) is 5.91 Å². The van der Waals surface area contributed by atoms with E-state index in [-0.39, 0.29) is 5.92 Å². The lowest BCUT2D eigenvalue weighted by Gasteiger charge is -2.37. The summed E-state index contributed by atoms with van der Waals surface area (Å²) in [5, 5.41) is 7.29. The number of nitrogens with one attached hydrogen (secondary N) is 1. The van der Waals surface area contributed by atoms with E-state index in [1.807, 2.05) is 9.58 Å². The minimum absolute atomic E-state index is 0.218. The van der Waals surface area contributed by atoms with Crippen molar-refractivity contribution in [3.8, 4) is 0 Å². The molecule has 2 aliphatic rings. The van der Waals surface area contributed by atoms with Crippen molar-refractivity contribution >= 4 is 5.91 Å². The van der Waals surface area contributed by atoms with Crippen LogP contribution in [0, 0.1) is 11.8 Å². The number of hydrogen-bond donors (Lipinski definition) is 1. The normalized spacial score (nSPS) is 24.9. The molecular weight excluding hydrogens is 230 g/mol. The quantitative estimate of drug-likeness (QED) is 0.801. The zero-order chi connectivity index (χ0) is 12.4. The molecule has 2 fully saturated rings. The van der Waals surface area contributed by atoms with Crippen LogP contribution in [0.3, 0.4) is 0 Å². The van der Waals surface area contributed by atoms with Crippen molar-refractivity contribution in [2.24, 2.45) is 11.8 Å². The van der Waals surface area contributed by atoms with Crippen molar-refractivity contribution in [1.29, 1.82) is 0 Å². The highest BCUT2D eigenvalue weighted by atomic mass is 16.2. The number of amides is 1.